The third-order valence-corrected chi connectivity index (χ3v) is 8.63. The van der Waals surface area contributed by atoms with Crippen LogP contribution in [0.5, 0.6) is 0 Å². The highest BCUT2D eigenvalue weighted by Crippen LogP contribution is 2.60. The van der Waals surface area contributed by atoms with Crippen LogP contribution in [0.4, 0.5) is 4.39 Å². The average molecular weight is 435 g/mol. The van der Waals surface area contributed by atoms with Gasteiger partial charge in [0.2, 0.25) is 0 Å². The van der Waals surface area contributed by atoms with E-state index in [9.17, 15) is 19.7 Å². The summed E-state index contributed by atoms with van der Waals surface area (Å²) < 4.78 is 14.3. The molecule has 0 unspecified atom stereocenters. The Morgan fingerprint density at radius 3 is 2.61 bits per heavy atom. The zero-order valence-electron chi connectivity index (χ0n) is 19.9. The SMILES string of the molecule is C=C1C(=CC=C2CCC[C@]3(C)[C@@H]([C@H](C)CC[C@H](F)C(C)(C)O)CC[C@@H]23)C[C@H](O)C[C@H]1O. The second-order valence-electron chi connectivity index (χ2n) is 11.3. The lowest BCUT2D eigenvalue weighted by Gasteiger charge is -2.44. The van der Waals surface area contributed by atoms with E-state index in [2.05, 4.69) is 32.6 Å². The summed E-state index contributed by atoms with van der Waals surface area (Å²) in [5, 5.41) is 30.1. The topological polar surface area (TPSA) is 60.7 Å². The molecular weight excluding hydrogens is 391 g/mol. The van der Waals surface area contributed by atoms with Gasteiger partial charge in [-0.2, -0.15) is 0 Å². The number of halogens is 1. The Bertz CT molecular complexity index is 718. The van der Waals surface area contributed by atoms with Gasteiger partial charge in [-0.1, -0.05) is 38.2 Å². The van der Waals surface area contributed by atoms with Crippen LogP contribution in [-0.4, -0.2) is 39.3 Å². The second kappa shape index (κ2) is 9.49. The highest BCUT2D eigenvalue weighted by molar-refractivity contribution is 5.38. The van der Waals surface area contributed by atoms with Crippen molar-refractivity contribution in [2.75, 3.05) is 0 Å². The first-order chi connectivity index (χ1) is 14.4. The number of hydrogen-bond acceptors (Lipinski definition) is 3. The van der Waals surface area contributed by atoms with E-state index < -0.39 is 24.0 Å². The molecule has 0 amide bonds. The summed E-state index contributed by atoms with van der Waals surface area (Å²) in [7, 11) is 0. The van der Waals surface area contributed by atoms with Gasteiger partial charge in [-0.25, -0.2) is 4.39 Å². The lowest BCUT2D eigenvalue weighted by Crippen LogP contribution is -2.37. The lowest BCUT2D eigenvalue weighted by atomic mass is 9.60. The molecule has 3 saturated carbocycles. The average Bonchev–Trinajstić information content (AvgIpc) is 3.04. The predicted octanol–water partition coefficient (Wildman–Crippen LogP) is 5.65. The van der Waals surface area contributed by atoms with Crippen LogP contribution in [0.3, 0.4) is 0 Å². The Kier molecular flexibility index (Phi) is 7.55. The van der Waals surface area contributed by atoms with Gasteiger partial charge in [0.15, 0.2) is 0 Å². The number of rotatable bonds is 6. The highest BCUT2D eigenvalue weighted by Gasteiger charge is 2.50. The van der Waals surface area contributed by atoms with E-state index >= 15 is 0 Å². The maximum absolute atomic E-state index is 14.3. The Morgan fingerprint density at radius 2 is 1.94 bits per heavy atom. The van der Waals surface area contributed by atoms with Gasteiger partial charge in [0, 0.05) is 6.42 Å². The Labute approximate surface area is 188 Å². The van der Waals surface area contributed by atoms with Crippen LogP contribution in [-0.2, 0) is 0 Å². The van der Waals surface area contributed by atoms with Crippen molar-refractivity contribution >= 4 is 0 Å². The number of hydrogen-bond donors (Lipinski definition) is 3. The van der Waals surface area contributed by atoms with Crippen molar-refractivity contribution in [3.63, 3.8) is 0 Å². The summed E-state index contributed by atoms with van der Waals surface area (Å²) in [5.41, 5.74) is 2.17. The molecule has 3 aliphatic rings. The maximum Gasteiger partial charge on any atom is 0.128 e. The van der Waals surface area contributed by atoms with E-state index in [0.717, 1.165) is 24.0 Å². The molecule has 0 aromatic heterocycles. The van der Waals surface area contributed by atoms with Crippen molar-refractivity contribution in [3.05, 3.63) is 35.5 Å². The summed E-state index contributed by atoms with van der Waals surface area (Å²) in [6, 6.07) is 0. The molecule has 0 aromatic carbocycles. The summed E-state index contributed by atoms with van der Waals surface area (Å²) in [5.74, 6) is 1.57. The second-order valence-corrected chi connectivity index (χ2v) is 11.3. The van der Waals surface area contributed by atoms with Gasteiger partial charge in [0.25, 0.3) is 0 Å². The summed E-state index contributed by atoms with van der Waals surface area (Å²) >= 11 is 0. The van der Waals surface area contributed by atoms with Crippen LogP contribution < -0.4 is 0 Å². The summed E-state index contributed by atoms with van der Waals surface area (Å²) in [4.78, 5) is 0. The number of aliphatic hydroxyl groups excluding tert-OH is 2. The van der Waals surface area contributed by atoms with Crippen LogP contribution in [0.1, 0.15) is 85.5 Å². The van der Waals surface area contributed by atoms with E-state index in [-0.39, 0.29) is 5.41 Å². The first-order valence-electron chi connectivity index (χ1n) is 12.2. The standard InChI is InChI=1S/C27H43FO3/c1-17(8-13-25(28)26(3,4)31)22-11-12-23-19(7-6-14-27(22,23)5)9-10-20-15-21(29)16-24(30)18(20)2/h9-10,17,21-25,29-31H,2,6-8,11-16H2,1,3-5H3/t17-,21+,22-,23+,24-,25+,27-/m1/s1. The van der Waals surface area contributed by atoms with E-state index in [0.29, 0.717) is 37.0 Å². The molecule has 0 aliphatic heterocycles. The minimum atomic E-state index is -1.26. The van der Waals surface area contributed by atoms with E-state index in [1.807, 2.05) is 0 Å². The van der Waals surface area contributed by atoms with E-state index in [4.69, 9.17) is 0 Å². The third-order valence-electron chi connectivity index (χ3n) is 8.63. The van der Waals surface area contributed by atoms with Gasteiger partial charge in [0.1, 0.15) is 6.17 Å². The van der Waals surface area contributed by atoms with Crippen molar-refractivity contribution in [1.29, 1.82) is 0 Å². The monoisotopic (exact) mass is 434 g/mol. The minimum Gasteiger partial charge on any atom is -0.393 e. The Morgan fingerprint density at radius 1 is 1.23 bits per heavy atom. The molecule has 176 valence electrons. The zero-order chi connectivity index (χ0) is 23.0. The largest absolute Gasteiger partial charge is 0.393 e. The van der Waals surface area contributed by atoms with Gasteiger partial charge < -0.3 is 15.3 Å². The Balaban J connectivity index is 1.71. The lowest BCUT2D eigenvalue weighted by molar-refractivity contribution is -0.0119. The molecule has 0 radical (unpaired) electrons. The molecule has 3 rings (SSSR count). The van der Waals surface area contributed by atoms with Crippen LogP contribution in [0.15, 0.2) is 35.5 Å². The predicted molar refractivity (Wildman–Crippen MR) is 124 cm³/mol. The van der Waals surface area contributed by atoms with Gasteiger partial charge in [-0.15, -0.1) is 0 Å². The highest BCUT2D eigenvalue weighted by atomic mass is 19.1. The molecule has 31 heavy (non-hydrogen) atoms. The number of aliphatic hydroxyl groups is 3. The van der Waals surface area contributed by atoms with E-state index in [1.54, 1.807) is 13.8 Å². The fourth-order valence-corrected chi connectivity index (χ4v) is 6.64. The minimum absolute atomic E-state index is 0.241. The Hall–Kier alpha value is -0.970. The van der Waals surface area contributed by atoms with Crippen LogP contribution in [0.2, 0.25) is 0 Å². The van der Waals surface area contributed by atoms with Crippen molar-refractivity contribution in [3.8, 4) is 0 Å². The van der Waals surface area contributed by atoms with Crippen molar-refractivity contribution < 1.29 is 19.7 Å². The van der Waals surface area contributed by atoms with Gasteiger partial charge in [-0.3, -0.25) is 0 Å². The van der Waals surface area contributed by atoms with E-state index in [1.165, 1.54) is 31.3 Å². The quantitative estimate of drug-likeness (QED) is 0.506. The van der Waals surface area contributed by atoms with Gasteiger partial charge in [0.05, 0.1) is 17.8 Å². The fourth-order valence-electron chi connectivity index (χ4n) is 6.64. The fraction of sp³-hybridized carbons (Fsp3) is 0.778. The smallest absolute Gasteiger partial charge is 0.128 e. The first kappa shape index (κ1) is 24.7. The van der Waals surface area contributed by atoms with Gasteiger partial charge in [-0.05, 0) is 99.5 Å². The molecule has 3 fully saturated rings. The zero-order valence-corrected chi connectivity index (χ0v) is 19.9. The summed E-state index contributed by atoms with van der Waals surface area (Å²) in [6.45, 7) is 11.8. The third kappa shape index (κ3) is 5.34. The molecule has 3 aliphatic carbocycles. The number of fused-ring (bicyclic) bond motifs is 1. The first-order valence-corrected chi connectivity index (χ1v) is 12.2. The maximum atomic E-state index is 14.3. The van der Waals surface area contributed by atoms with Crippen LogP contribution >= 0.6 is 0 Å². The van der Waals surface area contributed by atoms with Gasteiger partial charge >= 0.3 is 0 Å². The van der Waals surface area contributed by atoms with Crippen molar-refractivity contribution in [2.24, 2.45) is 23.2 Å². The molecule has 0 spiro atoms. The molecule has 0 heterocycles. The molecular formula is C27H43FO3. The number of alkyl halides is 1. The molecule has 3 N–H and O–H groups in total. The summed E-state index contributed by atoms with van der Waals surface area (Å²) in [6.07, 6.45) is 10.0. The van der Waals surface area contributed by atoms with Crippen molar-refractivity contribution in [2.45, 2.75) is 109 Å². The molecule has 4 heteroatoms. The van der Waals surface area contributed by atoms with Crippen LogP contribution in [0.25, 0.3) is 0 Å². The molecule has 0 saturated heterocycles. The normalized spacial score (nSPS) is 39.0. The molecule has 0 bridgehead atoms. The molecule has 7 atom stereocenters. The van der Waals surface area contributed by atoms with Crippen molar-refractivity contribution in [1.82, 2.24) is 0 Å². The molecule has 3 nitrogen and oxygen atoms in total. The molecule has 0 aromatic rings. The van der Waals surface area contributed by atoms with Crippen LogP contribution in [0, 0.1) is 23.2 Å². The number of allylic oxidation sites excluding steroid dienone is 3.